The van der Waals surface area contributed by atoms with Gasteiger partial charge in [0.2, 0.25) is 0 Å². The topological polar surface area (TPSA) is 37.0 Å². The Bertz CT molecular complexity index is 236. The molecule has 2 N–H and O–H groups in total. The smallest absolute Gasteiger partial charge is 0.109 e. The van der Waals surface area contributed by atoms with Gasteiger partial charge in [-0.15, -0.1) is 11.3 Å². The van der Waals surface area contributed by atoms with Crippen LogP contribution in [-0.2, 0) is 0 Å². The Labute approximate surface area is 96.3 Å². The molecule has 0 aliphatic carbocycles. The van der Waals surface area contributed by atoms with Gasteiger partial charge in [0.1, 0.15) is 5.01 Å². The quantitative estimate of drug-likeness (QED) is 0.668. The number of hydrogen-bond donors (Lipinski definition) is 2. The van der Waals surface area contributed by atoms with E-state index in [4.69, 9.17) is 0 Å². The van der Waals surface area contributed by atoms with Crippen molar-refractivity contribution in [1.82, 2.24) is 15.6 Å². The second-order valence-electron chi connectivity index (χ2n) is 3.60. The molecular formula is C11H21N3S. The Hall–Kier alpha value is -0.450. The Morgan fingerprint density at radius 2 is 2.20 bits per heavy atom. The van der Waals surface area contributed by atoms with Crippen LogP contribution in [0, 0.1) is 0 Å². The lowest BCUT2D eigenvalue weighted by Crippen LogP contribution is -2.22. The van der Waals surface area contributed by atoms with E-state index in [0.717, 1.165) is 19.5 Å². The van der Waals surface area contributed by atoms with E-state index in [9.17, 15) is 0 Å². The number of hydrogen-bond acceptors (Lipinski definition) is 4. The van der Waals surface area contributed by atoms with E-state index in [0.29, 0.717) is 6.04 Å². The molecule has 0 aliphatic heterocycles. The molecule has 0 fully saturated rings. The third-order valence-corrected chi connectivity index (χ3v) is 3.29. The maximum atomic E-state index is 4.35. The van der Waals surface area contributed by atoms with Crippen LogP contribution >= 0.6 is 11.3 Å². The lowest BCUT2D eigenvalue weighted by molar-refractivity contribution is 0.498. The molecule has 4 heteroatoms. The molecule has 0 saturated heterocycles. The molecule has 0 aromatic carbocycles. The molecule has 1 aromatic rings. The number of aromatic nitrogens is 1. The van der Waals surface area contributed by atoms with Crippen molar-refractivity contribution in [1.29, 1.82) is 0 Å². The molecule has 1 rings (SSSR count). The molecule has 86 valence electrons. The number of thiazole rings is 1. The summed E-state index contributed by atoms with van der Waals surface area (Å²) < 4.78 is 0. The van der Waals surface area contributed by atoms with Crippen LogP contribution in [0.5, 0.6) is 0 Å². The fraction of sp³-hybridized carbons (Fsp3) is 0.727. The van der Waals surface area contributed by atoms with Gasteiger partial charge in [-0.1, -0.05) is 6.92 Å². The Morgan fingerprint density at radius 1 is 1.40 bits per heavy atom. The van der Waals surface area contributed by atoms with Crippen LogP contribution in [0.1, 0.15) is 37.2 Å². The molecule has 0 spiro atoms. The predicted octanol–water partition coefficient (Wildman–Crippen LogP) is 2.18. The molecular weight excluding hydrogens is 206 g/mol. The molecule has 15 heavy (non-hydrogen) atoms. The van der Waals surface area contributed by atoms with E-state index in [1.165, 1.54) is 17.8 Å². The number of nitrogens with one attached hydrogen (secondary N) is 2. The van der Waals surface area contributed by atoms with Gasteiger partial charge in [-0.05, 0) is 39.4 Å². The first-order valence-corrected chi connectivity index (χ1v) is 6.53. The highest BCUT2D eigenvalue weighted by atomic mass is 32.1. The number of unbranched alkanes of at least 4 members (excludes halogenated alkanes) is 1. The molecule has 0 bridgehead atoms. The van der Waals surface area contributed by atoms with E-state index in [1.807, 2.05) is 18.6 Å². The van der Waals surface area contributed by atoms with Gasteiger partial charge in [-0.2, -0.15) is 0 Å². The second kappa shape index (κ2) is 7.79. The van der Waals surface area contributed by atoms with Crippen LogP contribution in [-0.4, -0.2) is 25.1 Å². The van der Waals surface area contributed by atoms with Crippen molar-refractivity contribution in [2.75, 3.05) is 20.1 Å². The first-order valence-electron chi connectivity index (χ1n) is 5.65. The molecule has 0 radical (unpaired) electrons. The first-order chi connectivity index (χ1) is 7.38. The highest BCUT2D eigenvalue weighted by Crippen LogP contribution is 2.18. The zero-order valence-corrected chi connectivity index (χ0v) is 10.4. The van der Waals surface area contributed by atoms with Gasteiger partial charge in [0.15, 0.2) is 0 Å². The van der Waals surface area contributed by atoms with Gasteiger partial charge < -0.3 is 10.6 Å². The van der Waals surface area contributed by atoms with E-state index < -0.39 is 0 Å². The summed E-state index contributed by atoms with van der Waals surface area (Å²) in [5.74, 6) is 0. The fourth-order valence-electron chi connectivity index (χ4n) is 1.52. The monoisotopic (exact) mass is 227 g/mol. The maximum Gasteiger partial charge on any atom is 0.109 e. The van der Waals surface area contributed by atoms with Crippen LogP contribution in [0.3, 0.4) is 0 Å². The fourth-order valence-corrected chi connectivity index (χ4v) is 2.31. The summed E-state index contributed by atoms with van der Waals surface area (Å²) in [4.78, 5) is 4.35. The van der Waals surface area contributed by atoms with Crippen LogP contribution in [0.25, 0.3) is 0 Å². The lowest BCUT2D eigenvalue weighted by Gasteiger charge is -2.13. The molecule has 0 saturated carbocycles. The SMILES string of the molecule is CCC(NCCCCNC)c1nccs1. The maximum absolute atomic E-state index is 4.35. The average molecular weight is 227 g/mol. The summed E-state index contributed by atoms with van der Waals surface area (Å²) in [7, 11) is 2.00. The second-order valence-corrected chi connectivity index (χ2v) is 4.52. The van der Waals surface area contributed by atoms with Crippen molar-refractivity contribution >= 4 is 11.3 Å². The van der Waals surface area contributed by atoms with Crippen molar-refractivity contribution in [2.45, 2.75) is 32.2 Å². The minimum Gasteiger partial charge on any atom is -0.320 e. The standard InChI is InChI=1S/C11H21N3S/c1-3-10(11-14-8-9-15-11)13-7-5-4-6-12-2/h8-10,12-13H,3-7H2,1-2H3. The highest BCUT2D eigenvalue weighted by Gasteiger charge is 2.09. The third kappa shape index (κ3) is 4.73. The summed E-state index contributed by atoms with van der Waals surface area (Å²) in [6.07, 6.45) is 5.45. The summed E-state index contributed by atoms with van der Waals surface area (Å²) >= 11 is 1.74. The van der Waals surface area contributed by atoms with Gasteiger partial charge in [0, 0.05) is 11.6 Å². The normalized spacial score (nSPS) is 12.9. The first kappa shape index (κ1) is 12.6. The molecule has 1 atom stereocenters. The summed E-state index contributed by atoms with van der Waals surface area (Å²) in [5.41, 5.74) is 0. The van der Waals surface area contributed by atoms with Crippen molar-refractivity contribution in [2.24, 2.45) is 0 Å². The minimum absolute atomic E-state index is 0.444. The van der Waals surface area contributed by atoms with E-state index in [1.54, 1.807) is 11.3 Å². The molecule has 1 aromatic heterocycles. The third-order valence-electron chi connectivity index (χ3n) is 2.40. The van der Waals surface area contributed by atoms with Crippen LogP contribution < -0.4 is 10.6 Å². The van der Waals surface area contributed by atoms with Crippen LogP contribution in [0.2, 0.25) is 0 Å². The Balaban J connectivity index is 2.18. The van der Waals surface area contributed by atoms with E-state index in [-0.39, 0.29) is 0 Å². The van der Waals surface area contributed by atoms with E-state index >= 15 is 0 Å². The van der Waals surface area contributed by atoms with Crippen LogP contribution in [0.4, 0.5) is 0 Å². The van der Waals surface area contributed by atoms with Crippen LogP contribution in [0.15, 0.2) is 11.6 Å². The van der Waals surface area contributed by atoms with Gasteiger partial charge in [0.25, 0.3) is 0 Å². The molecule has 1 heterocycles. The summed E-state index contributed by atoms with van der Waals surface area (Å²) in [6, 6.07) is 0.444. The average Bonchev–Trinajstić information content (AvgIpc) is 2.77. The van der Waals surface area contributed by atoms with Gasteiger partial charge >= 0.3 is 0 Å². The molecule has 3 nitrogen and oxygen atoms in total. The number of nitrogens with zero attached hydrogens (tertiary/aromatic N) is 1. The van der Waals surface area contributed by atoms with Crippen molar-refractivity contribution < 1.29 is 0 Å². The predicted molar refractivity (Wildman–Crippen MR) is 66.3 cm³/mol. The highest BCUT2D eigenvalue weighted by molar-refractivity contribution is 7.09. The Kier molecular flexibility index (Phi) is 6.55. The van der Waals surface area contributed by atoms with Crippen molar-refractivity contribution in [3.63, 3.8) is 0 Å². The largest absolute Gasteiger partial charge is 0.320 e. The summed E-state index contributed by atoms with van der Waals surface area (Å²) in [5, 5.41) is 9.97. The minimum atomic E-state index is 0.444. The van der Waals surface area contributed by atoms with Crippen molar-refractivity contribution in [3.05, 3.63) is 16.6 Å². The zero-order chi connectivity index (χ0) is 10.9. The van der Waals surface area contributed by atoms with Gasteiger partial charge in [-0.3, -0.25) is 0 Å². The number of rotatable bonds is 8. The summed E-state index contributed by atoms with van der Waals surface area (Å²) in [6.45, 7) is 4.39. The molecule has 0 aliphatic rings. The Morgan fingerprint density at radius 3 is 2.80 bits per heavy atom. The molecule has 0 amide bonds. The zero-order valence-electron chi connectivity index (χ0n) is 9.62. The lowest BCUT2D eigenvalue weighted by atomic mass is 10.2. The van der Waals surface area contributed by atoms with Gasteiger partial charge in [-0.25, -0.2) is 4.98 Å². The van der Waals surface area contributed by atoms with Gasteiger partial charge in [0.05, 0.1) is 6.04 Å². The molecule has 1 unspecified atom stereocenters. The van der Waals surface area contributed by atoms with E-state index in [2.05, 4.69) is 22.5 Å². The van der Waals surface area contributed by atoms with Crippen molar-refractivity contribution in [3.8, 4) is 0 Å².